The third-order valence-electron chi connectivity index (χ3n) is 4.30. The zero-order valence-corrected chi connectivity index (χ0v) is 17.2. The van der Waals surface area contributed by atoms with Crippen LogP contribution in [0.15, 0.2) is 60.9 Å². The molecule has 0 spiro atoms. The van der Waals surface area contributed by atoms with Crippen LogP contribution >= 0.6 is 23.8 Å². The third-order valence-corrected chi connectivity index (χ3v) is 4.79. The highest BCUT2D eigenvalue weighted by atomic mass is 35.5. The number of benzene rings is 2. The van der Waals surface area contributed by atoms with Crippen LogP contribution in [0.1, 0.15) is 6.92 Å². The van der Waals surface area contributed by atoms with Gasteiger partial charge in [0.15, 0.2) is 5.11 Å². The van der Waals surface area contributed by atoms with Crippen LogP contribution in [0.3, 0.4) is 0 Å². The molecule has 0 aliphatic rings. The van der Waals surface area contributed by atoms with E-state index in [1.54, 1.807) is 0 Å². The van der Waals surface area contributed by atoms with Crippen molar-refractivity contribution >= 4 is 57.2 Å². The maximum absolute atomic E-state index is 6.08. The Labute approximate surface area is 178 Å². The average Bonchev–Trinajstić information content (AvgIpc) is 3.14. The molecule has 0 saturated heterocycles. The number of H-pyrrole nitrogens is 1. The Morgan fingerprint density at radius 3 is 2.66 bits per heavy atom. The molecule has 29 heavy (non-hydrogen) atoms. The van der Waals surface area contributed by atoms with E-state index in [-0.39, 0.29) is 0 Å². The molecule has 2 aromatic carbocycles. The number of rotatable bonds is 5. The smallest absolute Gasteiger partial charge is 0.170 e. The minimum Gasteiger partial charge on any atom is -0.363 e. The molecule has 0 radical (unpaired) electrons. The summed E-state index contributed by atoms with van der Waals surface area (Å²) in [7, 11) is 0. The van der Waals surface area contributed by atoms with Crippen molar-refractivity contribution in [3.05, 3.63) is 65.9 Å². The summed E-state index contributed by atoms with van der Waals surface area (Å²) in [6, 6.07) is 17.6. The molecular weight excluding hydrogens is 404 g/mol. The van der Waals surface area contributed by atoms with Crippen molar-refractivity contribution in [3.63, 3.8) is 0 Å². The first-order valence-corrected chi connectivity index (χ1v) is 9.92. The molecule has 2 aromatic heterocycles. The second-order valence-corrected chi connectivity index (χ2v) is 7.21. The van der Waals surface area contributed by atoms with Gasteiger partial charge in [0.2, 0.25) is 0 Å². The summed E-state index contributed by atoms with van der Waals surface area (Å²) in [5, 5.41) is 11.7. The second kappa shape index (κ2) is 8.46. The Balaban J connectivity index is 1.60. The number of thiocarbonyl (C=S) groups is 1. The zero-order valence-electron chi connectivity index (χ0n) is 15.7. The fourth-order valence-corrected chi connectivity index (χ4v) is 3.42. The summed E-state index contributed by atoms with van der Waals surface area (Å²) in [5.41, 5.74) is 4.55. The Hall–Kier alpha value is -3.16. The van der Waals surface area contributed by atoms with Gasteiger partial charge in [-0.3, -0.25) is 0 Å². The molecule has 0 aliphatic heterocycles. The quantitative estimate of drug-likeness (QED) is 0.326. The molecule has 146 valence electrons. The molecule has 0 atom stereocenters. The third kappa shape index (κ3) is 4.47. The van der Waals surface area contributed by atoms with Crippen molar-refractivity contribution in [2.24, 2.45) is 0 Å². The Morgan fingerprint density at radius 1 is 1.07 bits per heavy atom. The predicted molar refractivity (Wildman–Crippen MR) is 124 cm³/mol. The molecule has 0 amide bonds. The van der Waals surface area contributed by atoms with Gasteiger partial charge in [0.05, 0.1) is 5.39 Å². The highest BCUT2D eigenvalue weighted by Crippen LogP contribution is 2.29. The Morgan fingerprint density at radius 2 is 1.90 bits per heavy atom. The number of fused-ring (bicyclic) bond motifs is 1. The highest BCUT2D eigenvalue weighted by Gasteiger charge is 2.10. The van der Waals surface area contributed by atoms with Gasteiger partial charge >= 0.3 is 0 Å². The van der Waals surface area contributed by atoms with Crippen LogP contribution in [-0.4, -0.2) is 26.6 Å². The summed E-state index contributed by atoms with van der Waals surface area (Å²) in [4.78, 5) is 12.1. The minimum atomic E-state index is 0.609. The number of hydrogen-bond acceptors (Lipinski definition) is 4. The lowest BCUT2D eigenvalue weighted by Crippen LogP contribution is -2.27. The van der Waals surface area contributed by atoms with E-state index >= 15 is 0 Å². The van der Waals surface area contributed by atoms with E-state index in [1.165, 1.54) is 6.33 Å². The van der Waals surface area contributed by atoms with Gasteiger partial charge in [-0.15, -0.1) is 0 Å². The lowest BCUT2D eigenvalue weighted by Gasteiger charge is -2.09. The molecule has 4 N–H and O–H groups in total. The summed E-state index contributed by atoms with van der Waals surface area (Å²) >= 11 is 11.3. The van der Waals surface area contributed by atoms with Crippen molar-refractivity contribution in [3.8, 4) is 11.3 Å². The summed E-state index contributed by atoms with van der Waals surface area (Å²) in [6.07, 6.45) is 1.53. The first-order valence-electron chi connectivity index (χ1n) is 9.14. The van der Waals surface area contributed by atoms with Gasteiger partial charge in [-0.1, -0.05) is 29.8 Å². The number of aromatic nitrogens is 3. The normalized spacial score (nSPS) is 10.7. The fraction of sp³-hybridized carbons (Fsp3) is 0.0952. The van der Waals surface area contributed by atoms with Crippen LogP contribution in [-0.2, 0) is 0 Å². The van der Waals surface area contributed by atoms with Crippen LogP contribution in [0.4, 0.5) is 17.2 Å². The first kappa shape index (κ1) is 19.2. The maximum atomic E-state index is 6.08. The SMILES string of the molecule is CCNC(=S)Nc1ccc(-c2cc3c(Nc4cccc(Cl)c4)ncnc3[nH]2)cc1. The molecule has 2 heterocycles. The van der Waals surface area contributed by atoms with Crippen LogP contribution in [0, 0.1) is 0 Å². The summed E-state index contributed by atoms with van der Waals surface area (Å²) in [6.45, 7) is 2.79. The molecule has 0 fully saturated rings. The largest absolute Gasteiger partial charge is 0.363 e. The second-order valence-electron chi connectivity index (χ2n) is 6.36. The van der Waals surface area contributed by atoms with Gasteiger partial charge in [0.25, 0.3) is 0 Å². The number of anilines is 3. The molecule has 8 heteroatoms. The molecule has 0 unspecified atom stereocenters. The van der Waals surface area contributed by atoms with Gasteiger partial charge in [-0.25, -0.2) is 9.97 Å². The Kier molecular flexibility index (Phi) is 5.59. The van der Waals surface area contributed by atoms with E-state index in [0.717, 1.165) is 40.2 Å². The van der Waals surface area contributed by atoms with Crippen molar-refractivity contribution in [2.45, 2.75) is 6.92 Å². The number of nitrogens with zero attached hydrogens (tertiary/aromatic N) is 2. The Bertz CT molecular complexity index is 1160. The highest BCUT2D eigenvalue weighted by molar-refractivity contribution is 7.80. The molecular formula is C21H19ClN6S. The average molecular weight is 423 g/mol. The summed E-state index contributed by atoms with van der Waals surface area (Å²) < 4.78 is 0. The molecule has 0 saturated carbocycles. The number of halogens is 1. The van der Waals surface area contributed by atoms with E-state index in [1.807, 2.05) is 61.5 Å². The van der Waals surface area contributed by atoms with Crippen LogP contribution in [0.5, 0.6) is 0 Å². The standard InChI is InChI=1S/C21H19ClN6S/c1-2-23-21(29)27-15-8-6-13(7-9-15)18-11-17-19(24-12-25-20(17)28-18)26-16-5-3-4-14(22)10-16/h3-12H,2H2,1H3,(H2,23,27,29)(H2,24,25,26,28). The predicted octanol–water partition coefficient (Wildman–Crippen LogP) is 5.33. The van der Waals surface area contributed by atoms with Gasteiger partial charge in [0, 0.05) is 28.6 Å². The number of nitrogens with one attached hydrogen (secondary N) is 4. The monoisotopic (exact) mass is 422 g/mol. The number of hydrogen-bond donors (Lipinski definition) is 4. The van der Waals surface area contributed by atoms with Gasteiger partial charge in [-0.05, 0) is 61.1 Å². The van der Waals surface area contributed by atoms with E-state index < -0.39 is 0 Å². The first-order chi connectivity index (χ1) is 14.1. The van der Waals surface area contributed by atoms with E-state index in [2.05, 4.69) is 30.9 Å². The van der Waals surface area contributed by atoms with Crippen molar-refractivity contribution in [2.75, 3.05) is 17.2 Å². The molecule has 4 aromatic rings. The molecule has 0 aliphatic carbocycles. The minimum absolute atomic E-state index is 0.609. The van der Waals surface area contributed by atoms with Crippen molar-refractivity contribution in [1.29, 1.82) is 0 Å². The van der Waals surface area contributed by atoms with Crippen LogP contribution < -0.4 is 16.0 Å². The van der Waals surface area contributed by atoms with E-state index in [0.29, 0.717) is 16.0 Å². The van der Waals surface area contributed by atoms with Crippen molar-refractivity contribution < 1.29 is 0 Å². The molecule has 0 bridgehead atoms. The van der Waals surface area contributed by atoms with E-state index in [4.69, 9.17) is 23.8 Å². The fourth-order valence-electron chi connectivity index (χ4n) is 2.97. The number of aromatic amines is 1. The maximum Gasteiger partial charge on any atom is 0.170 e. The zero-order chi connectivity index (χ0) is 20.2. The van der Waals surface area contributed by atoms with Crippen molar-refractivity contribution in [1.82, 2.24) is 20.3 Å². The van der Waals surface area contributed by atoms with Gasteiger partial charge in [-0.2, -0.15) is 0 Å². The van der Waals surface area contributed by atoms with Crippen LogP contribution in [0.25, 0.3) is 22.3 Å². The molecule has 4 rings (SSSR count). The van der Waals surface area contributed by atoms with E-state index in [9.17, 15) is 0 Å². The van der Waals surface area contributed by atoms with Crippen LogP contribution in [0.2, 0.25) is 5.02 Å². The van der Waals surface area contributed by atoms with Gasteiger partial charge < -0.3 is 20.9 Å². The lowest BCUT2D eigenvalue weighted by atomic mass is 10.1. The lowest BCUT2D eigenvalue weighted by molar-refractivity contribution is 0.979. The topological polar surface area (TPSA) is 77.7 Å². The summed E-state index contributed by atoms with van der Waals surface area (Å²) in [5.74, 6) is 0.717. The van der Waals surface area contributed by atoms with Gasteiger partial charge in [0.1, 0.15) is 17.8 Å². The molecule has 6 nitrogen and oxygen atoms in total.